The molecule has 5 rings (SSSR count). The van der Waals surface area contributed by atoms with Crippen molar-refractivity contribution in [1.29, 1.82) is 0 Å². The molecule has 1 atom stereocenters. The highest BCUT2D eigenvalue weighted by Crippen LogP contribution is 2.37. The molecule has 4 aromatic rings. The number of benzene rings is 3. The minimum absolute atomic E-state index is 0.0425. The first-order valence-corrected chi connectivity index (χ1v) is 16.0. The van der Waals surface area contributed by atoms with E-state index in [-0.39, 0.29) is 30.4 Å². The van der Waals surface area contributed by atoms with E-state index < -0.39 is 53.1 Å². The number of hydrogen-bond acceptors (Lipinski definition) is 6. The van der Waals surface area contributed by atoms with Gasteiger partial charge >= 0.3 is 18.4 Å². The first-order valence-electron chi connectivity index (χ1n) is 16.0. The Labute approximate surface area is 291 Å². The predicted molar refractivity (Wildman–Crippen MR) is 178 cm³/mol. The number of carboxylic acid groups (broad SMARTS) is 1. The van der Waals surface area contributed by atoms with Gasteiger partial charge in [-0.3, -0.25) is 9.69 Å². The van der Waals surface area contributed by atoms with Crippen LogP contribution in [-0.4, -0.2) is 57.1 Å². The molecule has 0 aliphatic heterocycles. The summed E-state index contributed by atoms with van der Waals surface area (Å²) >= 11 is 0. The van der Waals surface area contributed by atoms with Crippen LogP contribution in [0, 0.1) is 11.7 Å². The van der Waals surface area contributed by atoms with Crippen LogP contribution >= 0.6 is 0 Å². The number of hydrogen-bond donors (Lipinski definition) is 3. The third-order valence-corrected chi connectivity index (χ3v) is 7.92. The van der Waals surface area contributed by atoms with E-state index in [1.54, 1.807) is 51.1 Å². The maximum Gasteiger partial charge on any atom is 0.435 e. The summed E-state index contributed by atoms with van der Waals surface area (Å²) in [6, 6.07) is 16.0. The lowest BCUT2D eigenvalue weighted by atomic mass is 9.96. The molecule has 1 aromatic heterocycles. The van der Waals surface area contributed by atoms with Crippen LogP contribution in [-0.2, 0) is 17.5 Å². The summed E-state index contributed by atoms with van der Waals surface area (Å²) in [6.07, 6.45) is -5.11. The molecule has 15 heteroatoms. The number of alkyl carbamates (subject to hydrolysis) is 1. The van der Waals surface area contributed by atoms with Crippen molar-refractivity contribution < 1.29 is 46.5 Å². The van der Waals surface area contributed by atoms with Crippen LogP contribution in [0.3, 0.4) is 0 Å². The van der Waals surface area contributed by atoms with Crippen LogP contribution in [0.25, 0.3) is 5.69 Å². The molecular weight excluding hydrogens is 674 g/mol. The zero-order valence-corrected chi connectivity index (χ0v) is 28.3. The van der Waals surface area contributed by atoms with Crippen LogP contribution in [0.2, 0.25) is 0 Å². The van der Waals surface area contributed by atoms with Gasteiger partial charge in [0.15, 0.2) is 5.69 Å². The van der Waals surface area contributed by atoms with E-state index in [2.05, 4.69) is 15.7 Å². The summed E-state index contributed by atoms with van der Waals surface area (Å²) in [7, 11) is 1.49. The lowest BCUT2D eigenvalue weighted by molar-refractivity contribution is -0.141. The van der Waals surface area contributed by atoms with E-state index in [1.165, 1.54) is 42.3 Å². The Morgan fingerprint density at radius 2 is 1.69 bits per heavy atom. The summed E-state index contributed by atoms with van der Waals surface area (Å²) in [5, 5.41) is 18.8. The molecule has 270 valence electrons. The number of halogens is 4. The molecular formula is C36H37F4N5O6. The Hall–Kier alpha value is -5.60. The zero-order valence-electron chi connectivity index (χ0n) is 28.3. The minimum atomic E-state index is -4.92. The van der Waals surface area contributed by atoms with Crippen LogP contribution < -0.4 is 15.4 Å². The molecule has 11 nitrogen and oxygen atoms in total. The average Bonchev–Trinajstić information content (AvgIpc) is 3.76. The van der Waals surface area contributed by atoms with Gasteiger partial charge in [0, 0.05) is 19.2 Å². The molecule has 3 aromatic carbocycles. The Bertz CT molecular complexity index is 1900. The molecule has 0 saturated heterocycles. The van der Waals surface area contributed by atoms with Gasteiger partial charge in [0.2, 0.25) is 0 Å². The fraction of sp³-hybridized carbons (Fsp3) is 0.333. The molecule has 1 aliphatic carbocycles. The van der Waals surface area contributed by atoms with Gasteiger partial charge in [0.05, 0.1) is 24.5 Å². The zero-order chi connectivity index (χ0) is 37.1. The van der Waals surface area contributed by atoms with Gasteiger partial charge in [-0.05, 0) is 92.6 Å². The van der Waals surface area contributed by atoms with Gasteiger partial charge in [-0.25, -0.2) is 18.7 Å². The first-order chi connectivity index (χ1) is 24.0. The van der Waals surface area contributed by atoms with Crippen molar-refractivity contribution in [3.8, 4) is 11.4 Å². The number of nitrogens with one attached hydrogen (secondary N) is 2. The Morgan fingerprint density at radius 3 is 2.29 bits per heavy atom. The van der Waals surface area contributed by atoms with Gasteiger partial charge in [0.1, 0.15) is 22.9 Å². The smallest absolute Gasteiger partial charge is 0.435 e. The first kappa shape index (κ1) is 36.7. The third kappa shape index (κ3) is 9.35. The number of amides is 3. The van der Waals surface area contributed by atoms with Crippen molar-refractivity contribution in [3.05, 3.63) is 107 Å². The lowest BCUT2D eigenvalue weighted by Crippen LogP contribution is -2.36. The molecule has 1 fully saturated rings. The van der Waals surface area contributed by atoms with Crippen molar-refractivity contribution in [2.45, 2.75) is 58.0 Å². The van der Waals surface area contributed by atoms with Crippen LogP contribution in [0.5, 0.6) is 5.75 Å². The van der Waals surface area contributed by atoms with Gasteiger partial charge in [-0.15, -0.1) is 0 Å². The molecule has 1 unspecified atom stereocenters. The van der Waals surface area contributed by atoms with Gasteiger partial charge in [-0.1, -0.05) is 30.3 Å². The molecule has 0 radical (unpaired) electrons. The average molecular weight is 712 g/mol. The summed E-state index contributed by atoms with van der Waals surface area (Å²) in [6.45, 7) is 5.25. The van der Waals surface area contributed by atoms with Crippen molar-refractivity contribution in [3.63, 3.8) is 0 Å². The topological polar surface area (TPSA) is 135 Å². The van der Waals surface area contributed by atoms with E-state index >= 15 is 4.39 Å². The molecule has 0 spiro atoms. The van der Waals surface area contributed by atoms with E-state index in [1.807, 2.05) is 0 Å². The quantitative estimate of drug-likeness (QED) is 0.135. The lowest BCUT2D eigenvalue weighted by Gasteiger charge is -2.31. The number of carbonyl (C=O) groups is 3. The number of aromatic nitrogens is 2. The van der Waals surface area contributed by atoms with Gasteiger partial charge < -0.3 is 25.2 Å². The SMILES string of the molecule is COc1ccc(C(c2ccc(F)c(NC(=O)c3cc(C(F)(F)F)nn3-c3cccc(CNC(=O)OC(C)(C)C)c3)c2)N(CC2CC2)C(=O)O)cc1. The fourth-order valence-electron chi connectivity index (χ4n) is 5.37. The molecule has 3 N–H and O–H groups in total. The van der Waals surface area contributed by atoms with Crippen molar-refractivity contribution in [2.24, 2.45) is 5.92 Å². The Balaban J connectivity index is 1.48. The van der Waals surface area contributed by atoms with Crippen molar-refractivity contribution >= 4 is 23.8 Å². The van der Waals surface area contributed by atoms with Crippen molar-refractivity contribution in [1.82, 2.24) is 20.0 Å². The van der Waals surface area contributed by atoms with E-state index in [4.69, 9.17) is 9.47 Å². The molecule has 0 bridgehead atoms. The summed E-state index contributed by atoms with van der Waals surface area (Å²) in [5.74, 6) is -1.31. The van der Waals surface area contributed by atoms with Gasteiger partial charge in [-0.2, -0.15) is 18.3 Å². The number of nitrogens with zero attached hydrogens (tertiary/aromatic N) is 3. The number of alkyl halides is 3. The third-order valence-electron chi connectivity index (χ3n) is 7.92. The summed E-state index contributed by atoms with van der Waals surface area (Å²) in [5.41, 5.74) is -1.67. The number of rotatable bonds is 11. The molecule has 3 amide bonds. The largest absolute Gasteiger partial charge is 0.497 e. The number of anilines is 1. The Kier molecular flexibility index (Phi) is 10.6. The molecule has 1 heterocycles. The highest BCUT2D eigenvalue weighted by molar-refractivity contribution is 6.03. The predicted octanol–water partition coefficient (Wildman–Crippen LogP) is 7.80. The normalized spacial score (nSPS) is 13.6. The second-order valence-electron chi connectivity index (χ2n) is 13.1. The Morgan fingerprint density at radius 1 is 1.00 bits per heavy atom. The van der Waals surface area contributed by atoms with Gasteiger partial charge in [0.25, 0.3) is 5.91 Å². The summed E-state index contributed by atoms with van der Waals surface area (Å²) < 4.78 is 68.2. The maximum absolute atomic E-state index is 15.3. The molecule has 1 aliphatic rings. The van der Waals surface area contributed by atoms with E-state index in [9.17, 15) is 32.7 Å². The number of methoxy groups -OCH3 is 1. The molecule has 1 saturated carbocycles. The van der Waals surface area contributed by atoms with E-state index in [0.717, 1.165) is 23.6 Å². The second-order valence-corrected chi connectivity index (χ2v) is 13.1. The van der Waals surface area contributed by atoms with Crippen molar-refractivity contribution in [2.75, 3.05) is 19.0 Å². The monoisotopic (exact) mass is 711 g/mol. The minimum Gasteiger partial charge on any atom is -0.497 e. The van der Waals surface area contributed by atoms with E-state index in [0.29, 0.717) is 28.5 Å². The van der Waals surface area contributed by atoms with Crippen LogP contribution in [0.4, 0.5) is 32.8 Å². The standard InChI is InChI=1S/C36H37F4N5O6/c1-35(2,3)51-33(47)41-19-22-6-5-7-25(16-22)45-29(18-30(43-45)36(38,39)40)32(46)42-28-17-24(12-15-27(28)37)31(23-10-13-26(50-4)14-11-23)44(34(48)49)20-21-8-9-21/h5-7,10-18,21,31H,8-9,19-20H2,1-4H3,(H,41,47)(H,42,46)(H,48,49). The van der Waals surface area contributed by atoms with Crippen LogP contribution in [0.15, 0.2) is 72.8 Å². The van der Waals surface area contributed by atoms with Crippen LogP contribution in [0.1, 0.15) is 72.5 Å². The maximum atomic E-state index is 15.3. The highest BCUT2D eigenvalue weighted by Gasteiger charge is 2.37. The number of ether oxygens (including phenoxy) is 2. The summed E-state index contributed by atoms with van der Waals surface area (Å²) in [4.78, 5) is 39.6. The highest BCUT2D eigenvalue weighted by atomic mass is 19.4. The fourth-order valence-corrected chi connectivity index (χ4v) is 5.37. The number of carbonyl (C=O) groups excluding carboxylic acids is 2. The molecule has 51 heavy (non-hydrogen) atoms. The second kappa shape index (κ2) is 14.7.